The summed E-state index contributed by atoms with van der Waals surface area (Å²) < 4.78 is 34.4. The quantitative estimate of drug-likeness (QED) is 0.852. The van der Waals surface area contributed by atoms with Gasteiger partial charge in [-0.2, -0.15) is 0 Å². The number of carbonyl (C=O) groups excluding carboxylic acids is 1. The van der Waals surface area contributed by atoms with Crippen LogP contribution in [-0.2, 0) is 9.84 Å². The van der Waals surface area contributed by atoms with Crippen LogP contribution in [0.4, 0.5) is 10.5 Å². The van der Waals surface area contributed by atoms with Crippen LogP contribution in [0, 0.1) is 0 Å². The zero-order valence-electron chi connectivity index (χ0n) is 15.6. The lowest BCUT2D eigenvalue weighted by Crippen LogP contribution is -2.34. The van der Waals surface area contributed by atoms with E-state index in [4.69, 9.17) is 9.47 Å². The van der Waals surface area contributed by atoms with Crippen LogP contribution in [0.3, 0.4) is 0 Å². The number of benzene rings is 2. The van der Waals surface area contributed by atoms with E-state index in [1.54, 1.807) is 17.0 Å². The second kappa shape index (κ2) is 7.35. The number of ether oxygens (including phenoxy) is 2. The molecular weight excluding hydrogens is 380 g/mol. The molecule has 2 aliphatic heterocycles. The number of urea groups is 1. The minimum atomic E-state index is -3.26. The number of amides is 2. The Labute approximate surface area is 164 Å². The Morgan fingerprint density at radius 1 is 1.07 bits per heavy atom. The normalized spacial score (nSPS) is 18.8. The van der Waals surface area contributed by atoms with E-state index in [-0.39, 0.29) is 17.0 Å². The number of anilines is 1. The predicted molar refractivity (Wildman–Crippen MR) is 105 cm³/mol. The lowest BCUT2D eigenvalue weighted by atomic mass is 10.0. The highest BCUT2D eigenvalue weighted by Gasteiger charge is 2.31. The van der Waals surface area contributed by atoms with Crippen LogP contribution in [0.2, 0.25) is 0 Å². The maximum absolute atomic E-state index is 12.8. The lowest BCUT2D eigenvalue weighted by Gasteiger charge is -2.27. The number of likely N-dealkylation sites (tertiary alicyclic amines) is 1. The van der Waals surface area contributed by atoms with Crippen molar-refractivity contribution in [2.75, 3.05) is 31.3 Å². The van der Waals surface area contributed by atoms with Gasteiger partial charge in [-0.1, -0.05) is 6.07 Å². The maximum Gasteiger partial charge on any atom is 0.322 e. The number of hydrogen-bond acceptors (Lipinski definition) is 5. The van der Waals surface area contributed by atoms with Crippen molar-refractivity contribution in [3.63, 3.8) is 0 Å². The molecule has 28 heavy (non-hydrogen) atoms. The van der Waals surface area contributed by atoms with Crippen molar-refractivity contribution in [1.82, 2.24) is 4.90 Å². The molecule has 0 saturated carbocycles. The summed E-state index contributed by atoms with van der Waals surface area (Å²) in [5.74, 6) is 1.45. The molecule has 4 rings (SSSR count). The first kappa shape index (κ1) is 18.6. The summed E-state index contributed by atoms with van der Waals surface area (Å²) >= 11 is 0. The highest BCUT2D eigenvalue weighted by molar-refractivity contribution is 7.90. The van der Waals surface area contributed by atoms with Crippen molar-refractivity contribution in [2.24, 2.45) is 0 Å². The summed E-state index contributed by atoms with van der Waals surface area (Å²) in [7, 11) is -3.26. The van der Waals surface area contributed by atoms with Gasteiger partial charge in [0, 0.05) is 18.5 Å². The van der Waals surface area contributed by atoms with E-state index < -0.39 is 9.84 Å². The minimum absolute atomic E-state index is 0.0360. The minimum Gasteiger partial charge on any atom is -0.486 e. The van der Waals surface area contributed by atoms with Gasteiger partial charge in [0.2, 0.25) is 0 Å². The van der Waals surface area contributed by atoms with Crippen LogP contribution in [0.25, 0.3) is 0 Å². The Balaban J connectivity index is 1.49. The van der Waals surface area contributed by atoms with E-state index in [2.05, 4.69) is 5.32 Å². The third-order valence-corrected chi connectivity index (χ3v) is 6.13. The van der Waals surface area contributed by atoms with Gasteiger partial charge in [0.1, 0.15) is 13.2 Å². The second-order valence-corrected chi connectivity index (χ2v) is 9.00. The third kappa shape index (κ3) is 3.77. The number of carbonyl (C=O) groups is 1. The molecular formula is C20H22N2O5S. The first-order chi connectivity index (χ1) is 13.4. The number of hydrogen-bond donors (Lipinski definition) is 1. The fourth-order valence-corrected chi connectivity index (χ4v) is 4.23. The first-order valence-electron chi connectivity index (χ1n) is 9.19. The molecule has 2 aliphatic rings. The van der Waals surface area contributed by atoms with Crippen molar-refractivity contribution < 1.29 is 22.7 Å². The summed E-state index contributed by atoms with van der Waals surface area (Å²) in [4.78, 5) is 14.8. The number of nitrogens with one attached hydrogen (secondary N) is 1. The number of fused-ring (bicyclic) bond motifs is 1. The van der Waals surface area contributed by atoms with E-state index in [0.717, 1.165) is 30.4 Å². The van der Waals surface area contributed by atoms with E-state index in [9.17, 15) is 13.2 Å². The standard InChI is InChI=1S/C20H22N2O5S/c1-28(24,25)16-7-5-15(6-8-16)21-20(23)22-10-2-3-17(22)14-4-9-18-19(13-14)27-12-11-26-18/h4-9,13,17H,2-3,10-12H2,1H3,(H,21,23). The summed E-state index contributed by atoms with van der Waals surface area (Å²) in [6.07, 6.45) is 2.95. The lowest BCUT2D eigenvalue weighted by molar-refractivity contribution is 0.170. The molecule has 2 aromatic rings. The summed E-state index contributed by atoms with van der Waals surface area (Å²) in [6, 6.07) is 11.8. The molecule has 0 aromatic heterocycles. The van der Waals surface area contributed by atoms with Crippen molar-refractivity contribution in [2.45, 2.75) is 23.8 Å². The van der Waals surface area contributed by atoms with Crippen molar-refractivity contribution in [1.29, 1.82) is 0 Å². The molecule has 1 N–H and O–H groups in total. The Morgan fingerprint density at radius 2 is 1.79 bits per heavy atom. The molecule has 1 atom stereocenters. The average Bonchev–Trinajstić information content (AvgIpc) is 3.17. The van der Waals surface area contributed by atoms with Gasteiger partial charge < -0.3 is 19.7 Å². The Hall–Kier alpha value is -2.74. The largest absolute Gasteiger partial charge is 0.486 e. The molecule has 2 amide bonds. The summed E-state index contributed by atoms with van der Waals surface area (Å²) in [5.41, 5.74) is 1.58. The molecule has 1 saturated heterocycles. The van der Waals surface area contributed by atoms with Gasteiger partial charge >= 0.3 is 6.03 Å². The zero-order chi connectivity index (χ0) is 19.7. The second-order valence-electron chi connectivity index (χ2n) is 6.98. The van der Waals surface area contributed by atoms with Gasteiger partial charge in [-0.3, -0.25) is 0 Å². The number of sulfone groups is 1. The Kier molecular flexibility index (Phi) is 4.89. The van der Waals surface area contributed by atoms with Gasteiger partial charge in [0.15, 0.2) is 21.3 Å². The third-order valence-electron chi connectivity index (χ3n) is 5.00. The molecule has 7 nitrogen and oxygen atoms in total. The molecule has 0 bridgehead atoms. The smallest absolute Gasteiger partial charge is 0.322 e. The molecule has 1 unspecified atom stereocenters. The van der Waals surface area contributed by atoms with Gasteiger partial charge in [0.05, 0.1) is 10.9 Å². The predicted octanol–water partition coefficient (Wildman–Crippen LogP) is 3.23. The van der Waals surface area contributed by atoms with Gasteiger partial charge in [-0.05, 0) is 54.8 Å². The van der Waals surface area contributed by atoms with Crippen LogP contribution in [-0.4, -0.2) is 45.4 Å². The Morgan fingerprint density at radius 3 is 2.50 bits per heavy atom. The van der Waals surface area contributed by atoms with Crippen molar-refractivity contribution >= 4 is 21.6 Å². The number of rotatable bonds is 3. The van der Waals surface area contributed by atoms with Crippen LogP contribution in [0.1, 0.15) is 24.4 Å². The van der Waals surface area contributed by atoms with Crippen molar-refractivity contribution in [3.05, 3.63) is 48.0 Å². The number of nitrogens with zero attached hydrogens (tertiary/aromatic N) is 1. The summed E-state index contributed by atoms with van der Waals surface area (Å²) in [5, 5.41) is 2.86. The van der Waals surface area contributed by atoms with Crippen LogP contribution < -0.4 is 14.8 Å². The van der Waals surface area contributed by atoms with Crippen LogP contribution in [0.5, 0.6) is 11.5 Å². The van der Waals surface area contributed by atoms with Crippen LogP contribution >= 0.6 is 0 Å². The topological polar surface area (TPSA) is 84.9 Å². The molecule has 2 heterocycles. The molecule has 1 fully saturated rings. The van der Waals surface area contributed by atoms with Crippen molar-refractivity contribution in [3.8, 4) is 11.5 Å². The van der Waals surface area contributed by atoms with E-state index in [0.29, 0.717) is 31.2 Å². The summed E-state index contributed by atoms with van der Waals surface area (Å²) in [6.45, 7) is 1.73. The molecule has 148 valence electrons. The van der Waals surface area contributed by atoms with Gasteiger partial charge in [-0.25, -0.2) is 13.2 Å². The molecule has 0 radical (unpaired) electrons. The SMILES string of the molecule is CS(=O)(=O)c1ccc(NC(=O)N2CCCC2c2ccc3c(c2)OCCO3)cc1. The fourth-order valence-electron chi connectivity index (χ4n) is 3.60. The average molecular weight is 402 g/mol. The van der Waals surface area contributed by atoms with E-state index in [1.807, 2.05) is 18.2 Å². The Bertz CT molecular complexity index is 988. The maximum atomic E-state index is 12.8. The molecule has 2 aromatic carbocycles. The zero-order valence-corrected chi connectivity index (χ0v) is 16.4. The fraction of sp³-hybridized carbons (Fsp3) is 0.350. The highest BCUT2D eigenvalue weighted by atomic mass is 32.2. The molecule has 0 aliphatic carbocycles. The monoisotopic (exact) mass is 402 g/mol. The van der Waals surface area contributed by atoms with E-state index >= 15 is 0 Å². The van der Waals surface area contributed by atoms with E-state index in [1.165, 1.54) is 12.1 Å². The first-order valence-corrected chi connectivity index (χ1v) is 11.1. The van der Waals surface area contributed by atoms with Gasteiger partial charge in [-0.15, -0.1) is 0 Å². The molecule has 8 heteroatoms. The highest BCUT2D eigenvalue weighted by Crippen LogP contribution is 2.38. The molecule has 0 spiro atoms. The van der Waals surface area contributed by atoms with Gasteiger partial charge in [0.25, 0.3) is 0 Å². The van der Waals surface area contributed by atoms with Crippen LogP contribution in [0.15, 0.2) is 47.4 Å².